The van der Waals surface area contributed by atoms with Gasteiger partial charge in [-0.1, -0.05) is 24.3 Å². The normalized spacial score (nSPS) is 18.9. The third-order valence-electron chi connectivity index (χ3n) is 5.66. The van der Waals surface area contributed by atoms with Crippen molar-refractivity contribution in [3.05, 3.63) is 59.2 Å². The van der Waals surface area contributed by atoms with E-state index in [1.165, 1.54) is 0 Å². The quantitative estimate of drug-likeness (QED) is 0.669. The van der Waals surface area contributed by atoms with Gasteiger partial charge in [-0.25, -0.2) is 4.79 Å². The second-order valence-corrected chi connectivity index (χ2v) is 9.07. The van der Waals surface area contributed by atoms with Gasteiger partial charge < -0.3 is 19.1 Å². The van der Waals surface area contributed by atoms with Crippen molar-refractivity contribution in [3.8, 4) is 17.6 Å². The van der Waals surface area contributed by atoms with Gasteiger partial charge in [0.2, 0.25) is 0 Å². The van der Waals surface area contributed by atoms with E-state index in [0.717, 1.165) is 35.5 Å². The van der Waals surface area contributed by atoms with Crippen LogP contribution in [0.1, 0.15) is 62.3 Å². The lowest BCUT2D eigenvalue weighted by Gasteiger charge is -2.35. The third-order valence-corrected chi connectivity index (χ3v) is 5.66. The van der Waals surface area contributed by atoms with Gasteiger partial charge in [-0.3, -0.25) is 0 Å². The van der Waals surface area contributed by atoms with Crippen molar-refractivity contribution in [1.82, 2.24) is 4.90 Å². The van der Waals surface area contributed by atoms with Crippen LogP contribution in [0.5, 0.6) is 11.5 Å². The summed E-state index contributed by atoms with van der Waals surface area (Å²) < 4.78 is 17.9. The molecule has 0 N–H and O–H groups in total. The molecule has 1 saturated heterocycles. The molecule has 1 fully saturated rings. The Morgan fingerprint density at radius 1 is 1.13 bits per heavy atom. The fraction of sp³-hybridized carbons (Fsp3) is 0.440. The van der Waals surface area contributed by atoms with E-state index in [2.05, 4.69) is 12.1 Å². The standard InChI is InChI=1S/C25H28N2O4/c1-25(2,3)31-24(28)27-13-11-18(12-14-27)20-5-4-6-21-23(20)29-16-22(30-21)19-9-7-17(15-26)8-10-19/h4-10,18,22H,11-14,16H2,1-3H3/t22-/m0/s1. The molecule has 1 amide bonds. The molecule has 0 aliphatic carbocycles. The number of para-hydroxylation sites is 1. The fourth-order valence-electron chi connectivity index (χ4n) is 4.08. The maximum Gasteiger partial charge on any atom is 0.410 e. The minimum atomic E-state index is -0.483. The molecule has 0 spiro atoms. The largest absolute Gasteiger partial charge is 0.485 e. The molecule has 2 aliphatic heterocycles. The number of piperidine rings is 1. The van der Waals surface area contributed by atoms with Gasteiger partial charge in [-0.05, 0) is 63.3 Å². The van der Waals surface area contributed by atoms with Crippen molar-refractivity contribution < 1.29 is 19.0 Å². The van der Waals surface area contributed by atoms with E-state index in [-0.39, 0.29) is 12.2 Å². The Morgan fingerprint density at radius 2 is 1.84 bits per heavy atom. The number of likely N-dealkylation sites (tertiary alicyclic amines) is 1. The van der Waals surface area contributed by atoms with Gasteiger partial charge in [0, 0.05) is 18.7 Å². The molecule has 0 radical (unpaired) electrons. The predicted molar refractivity (Wildman–Crippen MR) is 116 cm³/mol. The Hall–Kier alpha value is -3.20. The van der Waals surface area contributed by atoms with Crippen LogP contribution in [0.3, 0.4) is 0 Å². The van der Waals surface area contributed by atoms with Crippen LogP contribution in [0.25, 0.3) is 0 Å². The maximum absolute atomic E-state index is 12.3. The SMILES string of the molecule is CC(C)(C)OC(=O)N1CCC(c2cccc3c2OC[C@@H](c2ccc(C#N)cc2)O3)CC1. The fourth-order valence-corrected chi connectivity index (χ4v) is 4.08. The minimum Gasteiger partial charge on any atom is -0.485 e. The van der Waals surface area contributed by atoms with E-state index in [4.69, 9.17) is 19.5 Å². The van der Waals surface area contributed by atoms with Crippen LogP contribution < -0.4 is 9.47 Å². The molecule has 31 heavy (non-hydrogen) atoms. The summed E-state index contributed by atoms with van der Waals surface area (Å²) in [6.45, 7) is 7.41. The highest BCUT2D eigenvalue weighted by atomic mass is 16.6. The van der Waals surface area contributed by atoms with Gasteiger partial charge in [0.1, 0.15) is 12.2 Å². The summed E-state index contributed by atoms with van der Waals surface area (Å²) in [6, 6.07) is 15.6. The lowest BCUT2D eigenvalue weighted by molar-refractivity contribution is 0.0203. The highest BCUT2D eigenvalue weighted by molar-refractivity contribution is 5.68. The number of fused-ring (bicyclic) bond motifs is 1. The molecular weight excluding hydrogens is 392 g/mol. The summed E-state index contributed by atoms with van der Waals surface area (Å²) in [4.78, 5) is 14.1. The smallest absolute Gasteiger partial charge is 0.410 e. The highest BCUT2D eigenvalue weighted by Crippen LogP contribution is 2.44. The molecule has 6 nitrogen and oxygen atoms in total. The molecule has 2 heterocycles. The zero-order chi connectivity index (χ0) is 22.0. The first kappa shape index (κ1) is 21.0. The summed E-state index contributed by atoms with van der Waals surface area (Å²) in [7, 11) is 0. The number of benzene rings is 2. The second kappa shape index (κ2) is 8.50. The summed E-state index contributed by atoms with van der Waals surface area (Å²) in [5.41, 5.74) is 2.27. The number of ether oxygens (including phenoxy) is 3. The van der Waals surface area contributed by atoms with E-state index in [1.54, 1.807) is 17.0 Å². The van der Waals surface area contributed by atoms with E-state index in [1.807, 2.05) is 45.0 Å². The third kappa shape index (κ3) is 4.77. The summed E-state index contributed by atoms with van der Waals surface area (Å²) in [6.07, 6.45) is 1.27. The number of hydrogen-bond acceptors (Lipinski definition) is 5. The molecule has 0 saturated carbocycles. The number of carbonyl (C=O) groups excluding carboxylic acids is 1. The zero-order valence-corrected chi connectivity index (χ0v) is 18.3. The Bertz CT molecular complexity index is 980. The molecule has 6 heteroatoms. The number of amides is 1. The average molecular weight is 421 g/mol. The number of nitrogens with zero attached hydrogens (tertiary/aromatic N) is 2. The Morgan fingerprint density at radius 3 is 2.48 bits per heavy atom. The van der Waals surface area contributed by atoms with Crippen LogP contribution >= 0.6 is 0 Å². The molecule has 0 bridgehead atoms. The van der Waals surface area contributed by atoms with Crippen molar-refractivity contribution in [2.45, 2.75) is 51.2 Å². The molecule has 2 aromatic carbocycles. The van der Waals surface area contributed by atoms with Gasteiger partial charge in [-0.15, -0.1) is 0 Å². The van der Waals surface area contributed by atoms with Crippen LogP contribution in [0.15, 0.2) is 42.5 Å². The first-order valence-electron chi connectivity index (χ1n) is 10.7. The van der Waals surface area contributed by atoms with Gasteiger partial charge in [0.05, 0.1) is 11.6 Å². The molecule has 162 valence electrons. The van der Waals surface area contributed by atoms with E-state index in [9.17, 15) is 4.79 Å². The van der Waals surface area contributed by atoms with E-state index in [0.29, 0.717) is 31.2 Å². The van der Waals surface area contributed by atoms with Crippen LogP contribution in [0, 0.1) is 11.3 Å². The molecule has 2 aromatic rings. The van der Waals surface area contributed by atoms with E-state index >= 15 is 0 Å². The maximum atomic E-state index is 12.3. The van der Waals surface area contributed by atoms with Crippen molar-refractivity contribution in [2.75, 3.05) is 19.7 Å². The summed E-state index contributed by atoms with van der Waals surface area (Å²) in [5.74, 6) is 1.86. The number of nitriles is 1. The summed E-state index contributed by atoms with van der Waals surface area (Å²) in [5, 5.41) is 8.99. The van der Waals surface area contributed by atoms with Crippen LogP contribution in [-0.2, 0) is 4.74 Å². The molecule has 2 aliphatic rings. The first-order valence-corrected chi connectivity index (χ1v) is 10.7. The molecule has 4 rings (SSSR count). The molecule has 1 atom stereocenters. The topological polar surface area (TPSA) is 71.8 Å². The van der Waals surface area contributed by atoms with Crippen molar-refractivity contribution in [2.24, 2.45) is 0 Å². The monoisotopic (exact) mass is 420 g/mol. The highest BCUT2D eigenvalue weighted by Gasteiger charge is 2.31. The van der Waals surface area contributed by atoms with Crippen molar-refractivity contribution in [3.63, 3.8) is 0 Å². The Balaban J connectivity index is 1.43. The van der Waals surface area contributed by atoms with Gasteiger partial charge in [0.25, 0.3) is 0 Å². The predicted octanol–water partition coefficient (Wildman–Crippen LogP) is 5.19. The van der Waals surface area contributed by atoms with Gasteiger partial charge in [-0.2, -0.15) is 5.26 Å². The molecule has 0 unspecified atom stereocenters. The second-order valence-electron chi connectivity index (χ2n) is 9.07. The first-order chi connectivity index (χ1) is 14.8. The molecule has 0 aromatic heterocycles. The van der Waals surface area contributed by atoms with Gasteiger partial charge in [0.15, 0.2) is 17.6 Å². The lowest BCUT2D eigenvalue weighted by Crippen LogP contribution is -2.41. The van der Waals surface area contributed by atoms with Crippen molar-refractivity contribution >= 4 is 6.09 Å². The Kier molecular flexibility index (Phi) is 5.77. The number of hydrogen-bond donors (Lipinski definition) is 0. The summed E-state index contributed by atoms with van der Waals surface area (Å²) >= 11 is 0. The minimum absolute atomic E-state index is 0.204. The van der Waals surface area contributed by atoms with Crippen molar-refractivity contribution in [1.29, 1.82) is 5.26 Å². The number of carbonyl (C=O) groups is 1. The van der Waals surface area contributed by atoms with Crippen LogP contribution in [-0.4, -0.2) is 36.3 Å². The molecular formula is C25H28N2O4. The van der Waals surface area contributed by atoms with Gasteiger partial charge >= 0.3 is 6.09 Å². The lowest BCUT2D eigenvalue weighted by atomic mass is 9.88. The van der Waals surface area contributed by atoms with Crippen LogP contribution in [0.2, 0.25) is 0 Å². The Labute approximate surface area is 183 Å². The zero-order valence-electron chi connectivity index (χ0n) is 18.3. The van der Waals surface area contributed by atoms with E-state index < -0.39 is 5.60 Å². The average Bonchev–Trinajstić information content (AvgIpc) is 2.77. The number of rotatable bonds is 2. The van der Waals surface area contributed by atoms with Crippen LogP contribution in [0.4, 0.5) is 4.79 Å².